The van der Waals surface area contributed by atoms with Crippen molar-refractivity contribution >= 4 is 30.2 Å². The third-order valence-corrected chi connectivity index (χ3v) is 9.34. The van der Waals surface area contributed by atoms with Crippen LogP contribution in [0.1, 0.15) is 86.2 Å². The minimum atomic E-state index is -0.959. The summed E-state index contributed by atoms with van der Waals surface area (Å²) < 4.78 is 5.93. The Morgan fingerprint density at radius 1 is 1.02 bits per heavy atom. The molecule has 43 heavy (non-hydrogen) atoms. The summed E-state index contributed by atoms with van der Waals surface area (Å²) in [6.45, 7) is 6.53. The van der Waals surface area contributed by atoms with Crippen LogP contribution < -0.4 is 10.1 Å². The molecular formula is C33H44ClN3O6. The summed E-state index contributed by atoms with van der Waals surface area (Å²) in [4.78, 5) is 42.8. The van der Waals surface area contributed by atoms with Gasteiger partial charge in [0.15, 0.2) is 0 Å². The minimum Gasteiger partial charge on any atom is -0.478 e. The molecule has 2 aliphatic heterocycles. The Labute approximate surface area is 260 Å². The fourth-order valence-electron chi connectivity index (χ4n) is 6.85. The summed E-state index contributed by atoms with van der Waals surface area (Å²) in [6, 6.07) is 12.1. The zero-order valence-electron chi connectivity index (χ0n) is 25.1. The highest BCUT2D eigenvalue weighted by Gasteiger charge is 2.54. The van der Waals surface area contributed by atoms with E-state index in [-0.39, 0.29) is 29.8 Å². The maximum absolute atomic E-state index is 13.7. The first-order valence-electron chi connectivity index (χ1n) is 15.3. The molecular weight excluding hydrogens is 570 g/mol. The number of likely N-dealkylation sites (tertiary alicyclic amines) is 1. The van der Waals surface area contributed by atoms with E-state index in [1.54, 1.807) is 25.1 Å². The number of aromatic carboxylic acids is 1. The van der Waals surface area contributed by atoms with Crippen LogP contribution in [-0.2, 0) is 16.1 Å². The fourth-order valence-corrected chi connectivity index (χ4v) is 6.85. The first-order valence-corrected chi connectivity index (χ1v) is 15.3. The molecule has 5 rings (SSSR count). The molecule has 3 aliphatic rings. The Hall–Kier alpha value is -3.14. The molecule has 2 saturated heterocycles. The van der Waals surface area contributed by atoms with E-state index in [1.807, 2.05) is 29.2 Å². The van der Waals surface area contributed by atoms with Crippen molar-refractivity contribution in [1.82, 2.24) is 15.1 Å². The van der Waals surface area contributed by atoms with Gasteiger partial charge in [-0.1, -0.05) is 38.3 Å². The second-order valence-corrected chi connectivity index (χ2v) is 12.3. The van der Waals surface area contributed by atoms with Gasteiger partial charge in [-0.05, 0) is 80.5 Å². The van der Waals surface area contributed by atoms with Crippen LogP contribution in [0.5, 0.6) is 11.5 Å². The van der Waals surface area contributed by atoms with Crippen LogP contribution >= 0.6 is 12.4 Å². The molecule has 0 unspecified atom stereocenters. The first-order chi connectivity index (χ1) is 20.1. The van der Waals surface area contributed by atoms with Crippen molar-refractivity contribution in [2.24, 2.45) is 0 Å². The summed E-state index contributed by atoms with van der Waals surface area (Å²) in [5.41, 5.74) is 0.328. The average Bonchev–Trinajstić information content (AvgIpc) is 3.39. The van der Waals surface area contributed by atoms with Crippen LogP contribution in [-0.4, -0.2) is 74.6 Å². The van der Waals surface area contributed by atoms with Gasteiger partial charge in [0.05, 0.1) is 11.2 Å². The summed E-state index contributed by atoms with van der Waals surface area (Å²) in [6.07, 6.45) is 6.55. The van der Waals surface area contributed by atoms with Crippen molar-refractivity contribution in [3.63, 3.8) is 0 Å². The number of piperazine rings is 1. The molecule has 10 heteroatoms. The Kier molecular flexibility index (Phi) is 10.4. The minimum absolute atomic E-state index is 0. The molecule has 1 saturated carbocycles. The smallest absolute Gasteiger partial charge is 0.335 e. The van der Waals surface area contributed by atoms with E-state index in [0.717, 1.165) is 37.8 Å². The summed E-state index contributed by atoms with van der Waals surface area (Å²) in [5.74, 6) is 0.177. The lowest BCUT2D eigenvalue weighted by Crippen LogP contribution is -2.73. The number of unbranched alkanes of at least 4 members (excludes halogenated alkanes) is 1. The number of ether oxygens (including phenoxy) is 1. The van der Waals surface area contributed by atoms with Gasteiger partial charge in [-0.15, -0.1) is 12.4 Å². The fraction of sp³-hybridized carbons (Fsp3) is 0.545. The first kappa shape index (κ1) is 32.8. The molecule has 3 N–H and O–H groups in total. The highest BCUT2D eigenvalue weighted by Crippen LogP contribution is 2.38. The normalized spacial score (nSPS) is 21.4. The molecule has 0 aromatic heterocycles. The Balaban J connectivity index is 0.00000423. The van der Waals surface area contributed by atoms with E-state index < -0.39 is 23.2 Å². The Morgan fingerprint density at radius 3 is 2.28 bits per heavy atom. The van der Waals surface area contributed by atoms with E-state index in [4.69, 9.17) is 4.74 Å². The van der Waals surface area contributed by atoms with Gasteiger partial charge in [-0.25, -0.2) is 4.79 Å². The van der Waals surface area contributed by atoms with Crippen molar-refractivity contribution in [2.45, 2.75) is 95.4 Å². The summed E-state index contributed by atoms with van der Waals surface area (Å²) in [7, 11) is 0. The molecule has 1 atom stereocenters. The lowest BCUT2D eigenvalue weighted by atomic mass is 9.80. The van der Waals surface area contributed by atoms with Crippen LogP contribution in [0.15, 0.2) is 42.5 Å². The van der Waals surface area contributed by atoms with Gasteiger partial charge < -0.3 is 25.2 Å². The lowest BCUT2D eigenvalue weighted by Gasteiger charge is -2.52. The van der Waals surface area contributed by atoms with E-state index >= 15 is 0 Å². The lowest BCUT2D eigenvalue weighted by molar-refractivity contribution is -0.163. The number of aryl methyl sites for hydroxylation is 1. The van der Waals surface area contributed by atoms with Crippen LogP contribution in [0.4, 0.5) is 0 Å². The summed E-state index contributed by atoms with van der Waals surface area (Å²) in [5, 5.41) is 23.2. The number of piperidine rings is 1. The Bertz CT molecular complexity index is 1300. The highest BCUT2D eigenvalue weighted by atomic mass is 35.5. The zero-order chi connectivity index (χ0) is 29.9. The quantitative estimate of drug-likeness (QED) is 0.342. The topological polar surface area (TPSA) is 119 Å². The van der Waals surface area contributed by atoms with Gasteiger partial charge in [0.2, 0.25) is 11.8 Å². The van der Waals surface area contributed by atoms with E-state index in [0.29, 0.717) is 68.8 Å². The van der Waals surface area contributed by atoms with Gasteiger partial charge in [-0.2, -0.15) is 0 Å². The molecule has 234 valence electrons. The number of aliphatic hydroxyl groups is 1. The molecule has 2 amide bonds. The standard InChI is InChI=1S/C33H43N3O6.ClH/c1-3-4-17-36-29(37)28(21-32(41)13-5-6-14-32)34-31(40)33(36)15-18-35(19-16-33)22-24-7-9-25(10-8-24)42-26-11-12-27(30(38)39)23(2)20-26;/h7-12,20,28,41H,3-6,13-19,21-22H2,1-2H3,(H,34,40)(H,38,39);1H/t28-;/m1./s1. The van der Waals surface area contributed by atoms with Crippen LogP contribution in [0, 0.1) is 6.92 Å². The molecule has 1 aliphatic carbocycles. The molecule has 0 radical (unpaired) electrons. The Morgan fingerprint density at radius 2 is 1.67 bits per heavy atom. The molecule has 1 spiro atoms. The number of hydrogen-bond acceptors (Lipinski definition) is 6. The van der Waals surface area contributed by atoms with Crippen molar-refractivity contribution in [3.05, 3.63) is 59.2 Å². The van der Waals surface area contributed by atoms with Crippen molar-refractivity contribution in [1.29, 1.82) is 0 Å². The number of carboxylic acid groups (broad SMARTS) is 1. The number of nitrogens with one attached hydrogen (secondary N) is 1. The molecule has 2 aromatic rings. The number of carbonyl (C=O) groups excluding carboxylic acids is 2. The number of rotatable bonds is 10. The molecule has 2 aromatic carbocycles. The van der Waals surface area contributed by atoms with Crippen molar-refractivity contribution < 1.29 is 29.3 Å². The monoisotopic (exact) mass is 613 g/mol. The molecule has 9 nitrogen and oxygen atoms in total. The number of hydrogen-bond donors (Lipinski definition) is 3. The molecule has 2 heterocycles. The number of amides is 2. The van der Waals surface area contributed by atoms with E-state index in [2.05, 4.69) is 17.1 Å². The van der Waals surface area contributed by atoms with E-state index in [9.17, 15) is 24.6 Å². The number of carboxylic acids is 1. The van der Waals surface area contributed by atoms with Gasteiger partial charge in [0, 0.05) is 32.6 Å². The number of nitrogens with zero attached hydrogens (tertiary/aromatic N) is 2. The van der Waals surface area contributed by atoms with Gasteiger partial charge in [0.25, 0.3) is 0 Å². The van der Waals surface area contributed by atoms with E-state index in [1.165, 1.54) is 0 Å². The van der Waals surface area contributed by atoms with Gasteiger partial charge in [-0.3, -0.25) is 14.5 Å². The van der Waals surface area contributed by atoms with Crippen LogP contribution in [0.25, 0.3) is 0 Å². The third-order valence-electron chi connectivity index (χ3n) is 9.34. The van der Waals surface area contributed by atoms with Crippen molar-refractivity contribution in [3.8, 4) is 11.5 Å². The largest absolute Gasteiger partial charge is 0.478 e. The van der Waals surface area contributed by atoms with Crippen LogP contribution in [0.3, 0.4) is 0 Å². The highest BCUT2D eigenvalue weighted by molar-refractivity contribution is 6.00. The zero-order valence-corrected chi connectivity index (χ0v) is 26.0. The van der Waals surface area contributed by atoms with Gasteiger partial charge >= 0.3 is 5.97 Å². The molecule has 3 fully saturated rings. The second kappa shape index (κ2) is 13.7. The summed E-state index contributed by atoms with van der Waals surface area (Å²) >= 11 is 0. The number of halogens is 1. The number of carbonyl (C=O) groups is 3. The second-order valence-electron chi connectivity index (χ2n) is 12.3. The predicted molar refractivity (Wildman–Crippen MR) is 166 cm³/mol. The van der Waals surface area contributed by atoms with Gasteiger partial charge in [0.1, 0.15) is 23.1 Å². The maximum atomic E-state index is 13.7. The SMILES string of the molecule is CCCCN1C(=O)[C@@H](CC2(O)CCCC2)NC(=O)C12CCN(Cc1ccc(Oc3ccc(C(=O)O)c(C)c3)cc1)CC2.Cl. The average molecular weight is 614 g/mol. The molecule has 0 bridgehead atoms. The maximum Gasteiger partial charge on any atom is 0.335 e. The number of benzene rings is 2. The third kappa shape index (κ3) is 7.16. The predicted octanol–water partition coefficient (Wildman–Crippen LogP) is 5.06. The van der Waals surface area contributed by atoms with Crippen LogP contribution in [0.2, 0.25) is 0 Å². The van der Waals surface area contributed by atoms with Crippen molar-refractivity contribution in [2.75, 3.05) is 19.6 Å².